The molecule has 118 valence electrons. The van der Waals surface area contributed by atoms with Gasteiger partial charge in [-0.05, 0) is 12.1 Å². The van der Waals surface area contributed by atoms with Crippen LogP contribution in [0.15, 0.2) is 24.3 Å². The molecule has 0 aliphatic rings. The molecule has 0 aliphatic carbocycles. The van der Waals surface area contributed by atoms with Gasteiger partial charge in [0.25, 0.3) is 0 Å². The van der Waals surface area contributed by atoms with Crippen LogP contribution >= 0.6 is 0 Å². The molecule has 0 bridgehead atoms. The molecule has 1 N–H and O–H groups in total. The first-order chi connectivity index (χ1) is 9.75. The fourth-order valence-electron chi connectivity index (χ4n) is 1.74. The number of hydrogen-bond acceptors (Lipinski definition) is 4. The van der Waals surface area contributed by atoms with Gasteiger partial charge < -0.3 is 10.1 Å². The van der Waals surface area contributed by atoms with Gasteiger partial charge in [-0.25, -0.2) is 8.42 Å². The van der Waals surface area contributed by atoms with E-state index in [2.05, 4.69) is 5.32 Å². The zero-order chi connectivity index (χ0) is 16.0. The Kier molecular flexibility index (Phi) is 6.02. The Bertz CT molecular complexity index is 584. The monoisotopic (exact) mass is 314 g/mol. The number of methoxy groups -OCH3 is 1. The van der Waals surface area contributed by atoms with Gasteiger partial charge in [-0.2, -0.15) is 0 Å². The molecule has 7 heteroatoms. The first-order valence-corrected chi connectivity index (χ1v) is 8.50. The fourth-order valence-corrected chi connectivity index (χ4v) is 2.66. The third-order valence-electron chi connectivity index (χ3n) is 2.88. The number of amides is 1. The van der Waals surface area contributed by atoms with Crippen LogP contribution in [0.1, 0.15) is 13.8 Å². The number of anilines is 1. The third-order valence-corrected chi connectivity index (χ3v) is 4.07. The molecule has 1 amide bonds. The van der Waals surface area contributed by atoms with Gasteiger partial charge in [0.1, 0.15) is 5.75 Å². The van der Waals surface area contributed by atoms with Gasteiger partial charge in [-0.15, -0.1) is 0 Å². The number of sulfonamides is 1. The van der Waals surface area contributed by atoms with Crippen LogP contribution in [0, 0.1) is 5.92 Å². The van der Waals surface area contributed by atoms with Gasteiger partial charge in [0.05, 0.1) is 25.6 Å². The van der Waals surface area contributed by atoms with Crippen molar-refractivity contribution in [2.24, 2.45) is 5.92 Å². The average molecular weight is 314 g/mol. The SMILES string of the molecule is COc1cccc(N(CCNC(=O)C(C)C)S(C)(=O)=O)c1. The van der Waals surface area contributed by atoms with Crippen molar-refractivity contribution in [2.45, 2.75) is 13.8 Å². The van der Waals surface area contributed by atoms with Crippen molar-refractivity contribution in [3.63, 3.8) is 0 Å². The van der Waals surface area contributed by atoms with E-state index < -0.39 is 10.0 Å². The molecule has 0 aliphatic heterocycles. The van der Waals surface area contributed by atoms with E-state index in [1.165, 1.54) is 11.4 Å². The van der Waals surface area contributed by atoms with Crippen LogP contribution in [-0.2, 0) is 14.8 Å². The Labute approximate surface area is 126 Å². The van der Waals surface area contributed by atoms with Crippen molar-refractivity contribution in [3.8, 4) is 5.75 Å². The van der Waals surface area contributed by atoms with E-state index in [9.17, 15) is 13.2 Å². The Morgan fingerprint density at radius 3 is 2.57 bits per heavy atom. The van der Waals surface area contributed by atoms with Crippen molar-refractivity contribution in [3.05, 3.63) is 24.3 Å². The number of benzene rings is 1. The first-order valence-electron chi connectivity index (χ1n) is 6.65. The zero-order valence-corrected chi connectivity index (χ0v) is 13.6. The largest absolute Gasteiger partial charge is 0.497 e. The molecule has 21 heavy (non-hydrogen) atoms. The number of ether oxygens (including phenoxy) is 1. The zero-order valence-electron chi connectivity index (χ0n) is 12.8. The minimum atomic E-state index is -3.43. The number of nitrogens with zero attached hydrogens (tertiary/aromatic N) is 1. The predicted octanol–water partition coefficient (Wildman–Crippen LogP) is 1.23. The van der Waals surface area contributed by atoms with Crippen molar-refractivity contribution in [1.82, 2.24) is 5.32 Å². The summed E-state index contributed by atoms with van der Waals surface area (Å²) in [6.07, 6.45) is 1.14. The van der Waals surface area contributed by atoms with Crippen molar-refractivity contribution in [2.75, 3.05) is 30.8 Å². The maximum atomic E-state index is 11.9. The molecule has 0 spiro atoms. The topological polar surface area (TPSA) is 75.7 Å². The van der Waals surface area contributed by atoms with Crippen molar-refractivity contribution < 1.29 is 17.9 Å². The number of carbonyl (C=O) groups excluding carboxylic acids is 1. The maximum Gasteiger partial charge on any atom is 0.232 e. The number of carbonyl (C=O) groups is 1. The van der Waals surface area contributed by atoms with E-state index >= 15 is 0 Å². The second kappa shape index (κ2) is 7.31. The lowest BCUT2D eigenvalue weighted by Gasteiger charge is -2.23. The molecule has 0 saturated carbocycles. The number of nitrogens with one attached hydrogen (secondary N) is 1. The summed E-state index contributed by atoms with van der Waals surface area (Å²) in [7, 11) is -1.91. The first kappa shape index (κ1) is 17.3. The highest BCUT2D eigenvalue weighted by Crippen LogP contribution is 2.22. The predicted molar refractivity (Wildman–Crippen MR) is 83.0 cm³/mol. The van der Waals surface area contributed by atoms with Crippen LogP contribution in [0.4, 0.5) is 5.69 Å². The summed E-state index contributed by atoms with van der Waals surface area (Å²) in [6.45, 7) is 3.99. The minimum absolute atomic E-state index is 0.103. The molecular formula is C14H22N2O4S. The third kappa shape index (κ3) is 5.26. The smallest absolute Gasteiger partial charge is 0.232 e. The summed E-state index contributed by atoms with van der Waals surface area (Å²) >= 11 is 0. The molecule has 1 aromatic rings. The molecule has 0 fully saturated rings. The van der Waals surface area contributed by atoms with Crippen LogP contribution in [0.2, 0.25) is 0 Å². The Balaban J connectivity index is 2.85. The van der Waals surface area contributed by atoms with Gasteiger partial charge in [0.15, 0.2) is 0 Å². The highest BCUT2D eigenvalue weighted by Gasteiger charge is 2.18. The van der Waals surface area contributed by atoms with Gasteiger partial charge >= 0.3 is 0 Å². The van der Waals surface area contributed by atoms with E-state index in [0.29, 0.717) is 11.4 Å². The summed E-state index contributed by atoms with van der Waals surface area (Å²) in [6, 6.07) is 6.79. The molecule has 0 radical (unpaired) electrons. The minimum Gasteiger partial charge on any atom is -0.497 e. The van der Waals surface area contributed by atoms with Crippen LogP contribution in [-0.4, -0.2) is 40.8 Å². The Hall–Kier alpha value is -1.76. The molecule has 0 heterocycles. The van der Waals surface area contributed by atoms with Gasteiger partial charge in [-0.3, -0.25) is 9.10 Å². The van der Waals surface area contributed by atoms with Crippen molar-refractivity contribution in [1.29, 1.82) is 0 Å². The molecule has 0 saturated heterocycles. The lowest BCUT2D eigenvalue weighted by Crippen LogP contribution is -2.39. The van der Waals surface area contributed by atoms with Crippen molar-refractivity contribution >= 4 is 21.6 Å². The Morgan fingerprint density at radius 2 is 2.05 bits per heavy atom. The second-order valence-electron chi connectivity index (χ2n) is 4.98. The summed E-state index contributed by atoms with van der Waals surface area (Å²) in [5, 5.41) is 2.71. The molecule has 0 atom stereocenters. The fraction of sp³-hybridized carbons (Fsp3) is 0.500. The summed E-state index contributed by atoms with van der Waals surface area (Å²) in [5.41, 5.74) is 0.510. The highest BCUT2D eigenvalue weighted by atomic mass is 32.2. The molecule has 1 aromatic carbocycles. The lowest BCUT2D eigenvalue weighted by molar-refractivity contribution is -0.123. The van der Waals surface area contributed by atoms with Crippen LogP contribution < -0.4 is 14.4 Å². The standard InChI is InChI=1S/C14H22N2O4S/c1-11(2)14(17)15-8-9-16(21(4,18)19)12-6-5-7-13(10-12)20-3/h5-7,10-11H,8-9H2,1-4H3,(H,15,17). The van der Waals surface area contributed by atoms with Crippen LogP contribution in [0.25, 0.3) is 0 Å². The maximum absolute atomic E-state index is 11.9. The lowest BCUT2D eigenvalue weighted by atomic mass is 10.2. The van der Waals surface area contributed by atoms with E-state index in [1.54, 1.807) is 38.1 Å². The summed E-state index contributed by atoms with van der Waals surface area (Å²) in [4.78, 5) is 11.5. The van der Waals surface area contributed by atoms with E-state index in [1.807, 2.05) is 0 Å². The molecule has 6 nitrogen and oxygen atoms in total. The van der Waals surface area contributed by atoms with Gasteiger partial charge in [-0.1, -0.05) is 19.9 Å². The average Bonchev–Trinajstić information content (AvgIpc) is 2.41. The second-order valence-corrected chi connectivity index (χ2v) is 6.89. The number of hydrogen-bond donors (Lipinski definition) is 1. The molecule has 0 unspecified atom stereocenters. The van der Waals surface area contributed by atoms with Crippen LogP contribution in [0.5, 0.6) is 5.75 Å². The van der Waals surface area contributed by atoms with E-state index in [0.717, 1.165) is 6.26 Å². The molecule has 0 aromatic heterocycles. The quantitative estimate of drug-likeness (QED) is 0.821. The van der Waals surface area contributed by atoms with E-state index in [4.69, 9.17) is 4.74 Å². The summed E-state index contributed by atoms with van der Waals surface area (Å²) in [5.74, 6) is 0.343. The molecular weight excluding hydrogens is 292 g/mol. The summed E-state index contributed by atoms with van der Waals surface area (Å²) < 4.78 is 30.2. The highest BCUT2D eigenvalue weighted by molar-refractivity contribution is 7.92. The van der Waals surface area contributed by atoms with E-state index in [-0.39, 0.29) is 24.9 Å². The van der Waals surface area contributed by atoms with Gasteiger partial charge in [0.2, 0.25) is 15.9 Å². The number of rotatable bonds is 7. The van der Waals surface area contributed by atoms with Gasteiger partial charge in [0, 0.05) is 18.5 Å². The molecule has 1 rings (SSSR count). The Morgan fingerprint density at radius 1 is 1.38 bits per heavy atom. The normalized spacial score (nSPS) is 11.3. The van der Waals surface area contributed by atoms with Crippen LogP contribution in [0.3, 0.4) is 0 Å².